The van der Waals surface area contributed by atoms with Gasteiger partial charge in [-0.3, -0.25) is 0 Å². The predicted octanol–water partition coefficient (Wildman–Crippen LogP) is 2.06. The van der Waals surface area contributed by atoms with Crippen molar-refractivity contribution in [1.29, 1.82) is 0 Å². The van der Waals surface area contributed by atoms with Gasteiger partial charge in [-0.1, -0.05) is 6.07 Å². The Labute approximate surface area is 136 Å². The molecular formula is C16H19NO5S. The molecule has 0 aliphatic rings. The van der Waals surface area contributed by atoms with E-state index in [-0.39, 0.29) is 18.0 Å². The summed E-state index contributed by atoms with van der Waals surface area (Å²) in [4.78, 5) is 0.154. The van der Waals surface area contributed by atoms with Crippen LogP contribution >= 0.6 is 0 Å². The Balaban J connectivity index is 1.86. The maximum absolute atomic E-state index is 12.2. The van der Waals surface area contributed by atoms with Crippen LogP contribution in [0.1, 0.15) is 0 Å². The molecule has 0 radical (unpaired) electrons. The molecule has 0 saturated carbocycles. The van der Waals surface area contributed by atoms with Gasteiger partial charge in [-0.05, 0) is 36.4 Å². The van der Waals surface area contributed by atoms with Gasteiger partial charge in [0.15, 0.2) is 0 Å². The normalized spacial score (nSPS) is 11.0. The van der Waals surface area contributed by atoms with Crippen molar-refractivity contribution in [2.45, 2.75) is 4.90 Å². The van der Waals surface area contributed by atoms with E-state index in [0.29, 0.717) is 11.5 Å². The Morgan fingerprint density at radius 1 is 0.913 bits per heavy atom. The molecule has 23 heavy (non-hydrogen) atoms. The van der Waals surface area contributed by atoms with Crippen molar-refractivity contribution in [2.75, 3.05) is 27.4 Å². The van der Waals surface area contributed by atoms with Gasteiger partial charge in [-0.2, -0.15) is 0 Å². The van der Waals surface area contributed by atoms with Crippen LogP contribution in [0, 0.1) is 0 Å². The zero-order valence-electron chi connectivity index (χ0n) is 13.0. The molecule has 124 valence electrons. The van der Waals surface area contributed by atoms with E-state index in [1.165, 1.54) is 19.2 Å². The lowest BCUT2D eigenvalue weighted by molar-refractivity contribution is 0.322. The molecule has 0 bridgehead atoms. The fourth-order valence-electron chi connectivity index (χ4n) is 1.87. The van der Waals surface area contributed by atoms with Crippen LogP contribution in [0.5, 0.6) is 17.2 Å². The summed E-state index contributed by atoms with van der Waals surface area (Å²) in [5, 5.41) is 0. The first-order valence-corrected chi connectivity index (χ1v) is 8.44. The van der Waals surface area contributed by atoms with Gasteiger partial charge in [-0.15, -0.1) is 0 Å². The minimum atomic E-state index is -3.59. The molecule has 0 fully saturated rings. The molecule has 2 rings (SSSR count). The molecule has 0 aromatic heterocycles. The smallest absolute Gasteiger partial charge is 0.240 e. The Morgan fingerprint density at radius 2 is 1.57 bits per heavy atom. The van der Waals surface area contributed by atoms with E-state index in [0.717, 1.165) is 5.75 Å². The Morgan fingerprint density at radius 3 is 2.22 bits per heavy atom. The summed E-state index contributed by atoms with van der Waals surface area (Å²) in [7, 11) is -0.513. The van der Waals surface area contributed by atoms with E-state index >= 15 is 0 Å². The van der Waals surface area contributed by atoms with Crippen molar-refractivity contribution in [2.24, 2.45) is 0 Å². The van der Waals surface area contributed by atoms with Crippen molar-refractivity contribution in [1.82, 2.24) is 4.72 Å². The zero-order chi connectivity index (χ0) is 16.7. The van der Waals surface area contributed by atoms with Gasteiger partial charge in [0.2, 0.25) is 10.0 Å². The molecule has 0 unspecified atom stereocenters. The molecular weight excluding hydrogens is 318 g/mol. The lowest BCUT2D eigenvalue weighted by Crippen LogP contribution is -2.28. The summed E-state index contributed by atoms with van der Waals surface area (Å²) in [5.74, 6) is 1.87. The molecule has 7 heteroatoms. The van der Waals surface area contributed by atoms with E-state index in [2.05, 4.69) is 4.72 Å². The Bertz CT molecular complexity index is 728. The summed E-state index contributed by atoms with van der Waals surface area (Å²) in [6, 6.07) is 13.4. The number of hydrogen-bond acceptors (Lipinski definition) is 5. The zero-order valence-corrected chi connectivity index (χ0v) is 13.8. The van der Waals surface area contributed by atoms with Crippen LogP contribution in [0.2, 0.25) is 0 Å². The second-order valence-corrected chi connectivity index (χ2v) is 6.37. The highest BCUT2D eigenvalue weighted by Gasteiger charge is 2.14. The van der Waals surface area contributed by atoms with Crippen LogP contribution in [0.4, 0.5) is 0 Å². The lowest BCUT2D eigenvalue weighted by Gasteiger charge is -2.09. The molecule has 0 aliphatic carbocycles. The van der Waals surface area contributed by atoms with Crippen LogP contribution in [-0.4, -0.2) is 35.8 Å². The monoisotopic (exact) mass is 337 g/mol. The van der Waals surface area contributed by atoms with Crippen LogP contribution in [0.15, 0.2) is 53.4 Å². The number of ether oxygens (including phenoxy) is 3. The SMILES string of the molecule is COc1ccc(OCCNS(=O)(=O)c2cccc(OC)c2)cc1. The van der Waals surface area contributed by atoms with Crippen molar-refractivity contribution in [3.63, 3.8) is 0 Å². The Hall–Kier alpha value is -2.25. The molecule has 0 saturated heterocycles. The number of hydrogen-bond donors (Lipinski definition) is 1. The highest BCUT2D eigenvalue weighted by atomic mass is 32.2. The first-order valence-electron chi connectivity index (χ1n) is 6.96. The molecule has 0 heterocycles. The number of benzene rings is 2. The van der Waals surface area contributed by atoms with Crippen molar-refractivity contribution >= 4 is 10.0 Å². The third kappa shape index (κ3) is 4.87. The van der Waals surface area contributed by atoms with Crippen LogP contribution in [0.3, 0.4) is 0 Å². The van der Waals surface area contributed by atoms with E-state index in [9.17, 15) is 8.42 Å². The van der Waals surface area contributed by atoms with Crippen molar-refractivity contribution in [3.8, 4) is 17.2 Å². The standard InChI is InChI=1S/C16H19NO5S/c1-20-13-6-8-14(9-7-13)22-11-10-17-23(18,19)16-5-3-4-15(12-16)21-2/h3-9,12,17H,10-11H2,1-2H3. The van der Waals surface area contributed by atoms with Crippen molar-refractivity contribution in [3.05, 3.63) is 48.5 Å². The van der Waals surface area contributed by atoms with E-state index in [1.807, 2.05) is 0 Å². The summed E-state index contributed by atoms with van der Waals surface area (Å²) >= 11 is 0. The van der Waals surface area contributed by atoms with Gasteiger partial charge in [0.25, 0.3) is 0 Å². The molecule has 2 aromatic rings. The lowest BCUT2D eigenvalue weighted by atomic mass is 10.3. The molecule has 1 N–H and O–H groups in total. The van der Waals surface area contributed by atoms with Gasteiger partial charge in [0.1, 0.15) is 23.9 Å². The topological polar surface area (TPSA) is 73.9 Å². The van der Waals surface area contributed by atoms with Crippen LogP contribution in [0.25, 0.3) is 0 Å². The largest absolute Gasteiger partial charge is 0.497 e. The van der Waals surface area contributed by atoms with E-state index < -0.39 is 10.0 Å². The summed E-state index contributed by atoms with van der Waals surface area (Å²) in [6.45, 7) is 0.376. The predicted molar refractivity (Wildman–Crippen MR) is 86.7 cm³/mol. The van der Waals surface area contributed by atoms with Crippen LogP contribution in [-0.2, 0) is 10.0 Å². The van der Waals surface area contributed by atoms with Gasteiger partial charge < -0.3 is 14.2 Å². The fourth-order valence-corrected chi connectivity index (χ4v) is 2.92. The highest BCUT2D eigenvalue weighted by molar-refractivity contribution is 7.89. The number of rotatable bonds is 8. The minimum Gasteiger partial charge on any atom is -0.497 e. The maximum atomic E-state index is 12.2. The third-order valence-corrected chi connectivity index (χ3v) is 4.53. The molecule has 0 amide bonds. The fraction of sp³-hybridized carbons (Fsp3) is 0.250. The quantitative estimate of drug-likeness (QED) is 0.747. The number of methoxy groups -OCH3 is 2. The average Bonchev–Trinajstić information content (AvgIpc) is 2.59. The van der Waals surface area contributed by atoms with Gasteiger partial charge in [0, 0.05) is 12.6 Å². The average molecular weight is 337 g/mol. The van der Waals surface area contributed by atoms with Gasteiger partial charge >= 0.3 is 0 Å². The summed E-state index contributed by atoms with van der Waals surface area (Å²) in [5.41, 5.74) is 0. The highest BCUT2D eigenvalue weighted by Crippen LogP contribution is 2.18. The minimum absolute atomic E-state index is 0.154. The molecule has 6 nitrogen and oxygen atoms in total. The number of sulfonamides is 1. The Kier molecular flexibility index (Phi) is 5.84. The second-order valence-electron chi connectivity index (χ2n) is 4.60. The summed E-state index contributed by atoms with van der Waals surface area (Å²) < 4.78 is 42.3. The molecule has 0 atom stereocenters. The molecule has 0 aliphatic heterocycles. The maximum Gasteiger partial charge on any atom is 0.240 e. The molecule has 0 spiro atoms. The van der Waals surface area contributed by atoms with E-state index in [1.54, 1.807) is 43.5 Å². The third-order valence-electron chi connectivity index (χ3n) is 3.07. The summed E-state index contributed by atoms with van der Waals surface area (Å²) in [6.07, 6.45) is 0. The van der Waals surface area contributed by atoms with E-state index in [4.69, 9.17) is 14.2 Å². The van der Waals surface area contributed by atoms with Crippen molar-refractivity contribution < 1.29 is 22.6 Å². The van der Waals surface area contributed by atoms with Gasteiger partial charge in [-0.25, -0.2) is 13.1 Å². The van der Waals surface area contributed by atoms with Crippen LogP contribution < -0.4 is 18.9 Å². The molecule has 2 aromatic carbocycles. The second kappa shape index (κ2) is 7.85. The van der Waals surface area contributed by atoms with Gasteiger partial charge in [0.05, 0.1) is 19.1 Å². The number of nitrogens with one attached hydrogen (secondary N) is 1. The first kappa shape index (κ1) is 17.1. The first-order chi connectivity index (χ1) is 11.0.